The molecule has 0 aromatic heterocycles. The number of sulfonamides is 1. The SMILES string of the molecule is CS(=O)(=O)N(CCN1CCC(Cc2ccccc2)CC1)c1cccc(N=O)c1. The van der Waals surface area contributed by atoms with Crippen LogP contribution in [0.25, 0.3) is 0 Å². The van der Waals surface area contributed by atoms with Crippen LogP contribution in [-0.4, -0.2) is 45.8 Å². The summed E-state index contributed by atoms with van der Waals surface area (Å²) in [6, 6.07) is 17.0. The van der Waals surface area contributed by atoms with E-state index >= 15 is 0 Å². The van der Waals surface area contributed by atoms with Gasteiger partial charge in [-0.25, -0.2) is 8.42 Å². The normalized spacial score (nSPS) is 16.0. The van der Waals surface area contributed by atoms with Gasteiger partial charge in [-0.15, -0.1) is 4.91 Å². The lowest BCUT2D eigenvalue weighted by Crippen LogP contribution is -2.41. The largest absolute Gasteiger partial charge is 0.302 e. The second-order valence-corrected chi connectivity index (χ2v) is 9.33. The lowest BCUT2D eigenvalue weighted by molar-refractivity contribution is 0.188. The smallest absolute Gasteiger partial charge is 0.232 e. The number of hydrogen-bond donors (Lipinski definition) is 0. The molecule has 7 heteroatoms. The van der Waals surface area contributed by atoms with Crippen molar-refractivity contribution in [3.05, 3.63) is 65.1 Å². The van der Waals surface area contributed by atoms with Crippen molar-refractivity contribution in [1.29, 1.82) is 0 Å². The summed E-state index contributed by atoms with van der Waals surface area (Å²) in [7, 11) is -3.43. The Labute approximate surface area is 167 Å². The Bertz CT molecular complexity index is 879. The van der Waals surface area contributed by atoms with Crippen LogP contribution >= 0.6 is 0 Å². The Hall–Kier alpha value is -2.25. The molecule has 2 aromatic rings. The quantitative estimate of drug-likeness (QED) is 0.631. The predicted octanol–water partition coefficient (Wildman–Crippen LogP) is 3.81. The average molecular weight is 402 g/mol. The van der Waals surface area contributed by atoms with Gasteiger partial charge >= 0.3 is 0 Å². The van der Waals surface area contributed by atoms with Gasteiger partial charge in [0.2, 0.25) is 10.0 Å². The van der Waals surface area contributed by atoms with Crippen LogP contribution in [-0.2, 0) is 16.4 Å². The predicted molar refractivity (Wildman–Crippen MR) is 113 cm³/mol. The number of nitroso groups, excluding NO2 is 1. The van der Waals surface area contributed by atoms with E-state index in [9.17, 15) is 13.3 Å². The molecular weight excluding hydrogens is 374 g/mol. The first-order chi connectivity index (χ1) is 13.5. The molecule has 1 aliphatic rings. The molecule has 0 spiro atoms. The van der Waals surface area contributed by atoms with Gasteiger partial charge in [-0.2, -0.15) is 0 Å². The van der Waals surface area contributed by atoms with Gasteiger partial charge < -0.3 is 4.90 Å². The molecular formula is C21H27N3O3S. The second-order valence-electron chi connectivity index (χ2n) is 7.42. The summed E-state index contributed by atoms with van der Waals surface area (Å²) in [5, 5.41) is 2.91. The summed E-state index contributed by atoms with van der Waals surface area (Å²) < 4.78 is 25.9. The van der Waals surface area contributed by atoms with Crippen LogP contribution < -0.4 is 4.31 Å². The van der Waals surface area contributed by atoms with E-state index in [1.807, 2.05) is 6.07 Å². The van der Waals surface area contributed by atoms with E-state index in [2.05, 4.69) is 34.3 Å². The minimum Gasteiger partial charge on any atom is -0.302 e. The molecule has 6 nitrogen and oxygen atoms in total. The topological polar surface area (TPSA) is 70.1 Å². The standard InChI is InChI=1S/C21H27N3O3S/c1-28(26,27)24(21-9-5-8-20(17-21)22-25)15-14-23-12-10-19(11-13-23)16-18-6-3-2-4-7-18/h2-9,17,19H,10-16H2,1H3. The molecule has 1 aliphatic heterocycles. The molecule has 0 saturated carbocycles. The van der Waals surface area contributed by atoms with E-state index in [-0.39, 0.29) is 5.69 Å². The van der Waals surface area contributed by atoms with Crippen molar-refractivity contribution >= 4 is 21.4 Å². The third-order valence-electron chi connectivity index (χ3n) is 5.32. The van der Waals surface area contributed by atoms with E-state index < -0.39 is 10.0 Å². The van der Waals surface area contributed by atoms with Crippen molar-refractivity contribution in [3.8, 4) is 0 Å². The van der Waals surface area contributed by atoms with Crippen molar-refractivity contribution < 1.29 is 8.42 Å². The molecule has 0 unspecified atom stereocenters. The number of likely N-dealkylation sites (tertiary alicyclic amines) is 1. The molecule has 0 atom stereocenters. The highest BCUT2D eigenvalue weighted by atomic mass is 32.2. The van der Waals surface area contributed by atoms with Crippen LogP contribution in [0.5, 0.6) is 0 Å². The maximum atomic E-state index is 12.3. The number of hydrogen-bond acceptors (Lipinski definition) is 5. The highest BCUT2D eigenvalue weighted by molar-refractivity contribution is 7.92. The van der Waals surface area contributed by atoms with Gasteiger partial charge in [0.05, 0.1) is 11.9 Å². The van der Waals surface area contributed by atoms with Gasteiger partial charge in [-0.3, -0.25) is 4.31 Å². The second kappa shape index (κ2) is 9.30. The summed E-state index contributed by atoms with van der Waals surface area (Å²) in [6.07, 6.45) is 4.55. The Morgan fingerprint density at radius 2 is 1.79 bits per heavy atom. The van der Waals surface area contributed by atoms with Gasteiger partial charge in [0, 0.05) is 13.1 Å². The van der Waals surface area contributed by atoms with Gasteiger partial charge in [0.1, 0.15) is 5.69 Å². The lowest BCUT2D eigenvalue weighted by Gasteiger charge is -2.33. The van der Waals surface area contributed by atoms with E-state index in [1.165, 1.54) is 22.2 Å². The molecule has 0 N–H and O–H groups in total. The fraction of sp³-hybridized carbons (Fsp3) is 0.429. The first kappa shape index (κ1) is 20.5. The Kier molecular flexibility index (Phi) is 6.80. The molecule has 150 valence electrons. The Morgan fingerprint density at radius 1 is 1.07 bits per heavy atom. The van der Waals surface area contributed by atoms with Crippen molar-refractivity contribution in [3.63, 3.8) is 0 Å². The molecule has 0 amide bonds. The summed E-state index contributed by atoms with van der Waals surface area (Å²) in [5.74, 6) is 0.681. The zero-order valence-corrected chi connectivity index (χ0v) is 17.0. The van der Waals surface area contributed by atoms with Crippen molar-refractivity contribution in [1.82, 2.24) is 4.90 Å². The van der Waals surface area contributed by atoms with Crippen LogP contribution in [0.15, 0.2) is 59.8 Å². The molecule has 0 bridgehead atoms. The Morgan fingerprint density at radius 3 is 2.43 bits per heavy atom. The molecule has 28 heavy (non-hydrogen) atoms. The minimum absolute atomic E-state index is 0.230. The summed E-state index contributed by atoms with van der Waals surface area (Å²) in [4.78, 5) is 13.1. The van der Waals surface area contributed by atoms with Crippen LogP contribution in [0.2, 0.25) is 0 Å². The van der Waals surface area contributed by atoms with E-state index in [4.69, 9.17) is 0 Å². The number of rotatable bonds is 8. The highest BCUT2D eigenvalue weighted by Crippen LogP contribution is 2.25. The fourth-order valence-corrected chi connectivity index (χ4v) is 4.69. The zero-order chi connectivity index (χ0) is 20.0. The van der Waals surface area contributed by atoms with Crippen molar-refractivity contribution in [2.45, 2.75) is 19.3 Å². The number of benzene rings is 2. The van der Waals surface area contributed by atoms with E-state index in [0.29, 0.717) is 24.7 Å². The van der Waals surface area contributed by atoms with Crippen LogP contribution in [0, 0.1) is 10.8 Å². The maximum absolute atomic E-state index is 12.3. The molecule has 0 aliphatic carbocycles. The maximum Gasteiger partial charge on any atom is 0.232 e. The van der Waals surface area contributed by atoms with Gasteiger partial charge in [-0.1, -0.05) is 36.4 Å². The van der Waals surface area contributed by atoms with Gasteiger partial charge in [0.15, 0.2) is 0 Å². The summed E-state index contributed by atoms with van der Waals surface area (Å²) in [5.41, 5.74) is 2.10. The van der Waals surface area contributed by atoms with Crippen LogP contribution in [0.3, 0.4) is 0 Å². The lowest BCUT2D eigenvalue weighted by atomic mass is 9.90. The van der Waals surface area contributed by atoms with Gasteiger partial charge in [0.25, 0.3) is 0 Å². The number of anilines is 1. The number of piperidine rings is 1. The van der Waals surface area contributed by atoms with Crippen molar-refractivity contribution in [2.24, 2.45) is 11.1 Å². The average Bonchev–Trinajstić information content (AvgIpc) is 2.69. The Balaban J connectivity index is 1.55. The molecule has 1 heterocycles. The minimum atomic E-state index is -3.43. The van der Waals surface area contributed by atoms with Crippen LogP contribution in [0.1, 0.15) is 18.4 Å². The van der Waals surface area contributed by atoms with E-state index in [1.54, 1.807) is 18.2 Å². The monoisotopic (exact) mass is 401 g/mol. The molecule has 3 rings (SSSR count). The highest BCUT2D eigenvalue weighted by Gasteiger charge is 2.22. The van der Waals surface area contributed by atoms with Gasteiger partial charge in [-0.05, 0) is 67.2 Å². The molecule has 1 fully saturated rings. The number of nitrogens with zero attached hydrogens (tertiary/aromatic N) is 3. The third-order valence-corrected chi connectivity index (χ3v) is 6.51. The summed E-state index contributed by atoms with van der Waals surface area (Å²) in [6.45, 7) is 2.99. The first-order valence-electron chi connectivity index (χ1n) is 9.63. The molecule has 0 radical (unpaired) electrons. The first-order valence-corrected chi connectivity index (χ1v) is 11.5. The van der Waals surface area contributed by atoms with Crippen LogP contribution in [0.4, 0.5) is 11.4 Å². The van der Waals surface area contributed by atoms with Crippen molar-refractivity contribution in [2.75, 3.05) is 36.7 Å². The molecule has 1 saturated heterocycles. The van der Waals surface area contributed by atoms with E-state index in [0.717, 1.165) is 32.4 Å². The fourth-order valence-electron chi connectivity index (χ4n) is 3.79. The zero-order valence-electron chi connectivity index (χ0n) is 16.2. The molecule has 2 aromatic carbocycles. The summed E-state index contributed by atoms with van der Waals surface area (Å²) >= 11 is 0. The third kappa shape index (κ3) is 5.62.